The number of benzene rings is 1. The van der Waals surface area contributed by atoms with Gasteiger partial charge in [0.15, 0.2) is 5.78 Å². The third kappa shape index (κ3) is 3.05. The van der Waals surface area contributed by atoms with Crippen molar-refractivity contribution in [2.24, 2.45) is 17.6 Å². The summed E-state index contributed by atoms with van der Waals surface area (Å²) in [6.45, 7) is 2.00. The zero-order chi connectivity index (χ0) is 15.4. The van der Waals surface area contributed by atoms with E-state index in [1.165, 1.54) is 0 Å². The molecule has 0 fully saturated rings. The SMILES string of the molecule is CCCC1Oc2ccccc2C(=O)C1CC(C#N)C(N)=O. The summed E-state index contributed by atoms with van der Waals surface area (Å²) < 4.78 is 5.90. The van der Waals surface area contributed by atoms with Crippen molar-refractivity contribution >= 4 is 11.7 Å². The Hall–Kier alpha value is -2.35. The minimum absolute atomic E-state index is 0.0724. The van der Waals surface area contributed by atoms with E-state index in [2.05, 4.69) is 0 Å². The lowest BCUT2D eigenvalue weighted by Gasteiger charge is -2.33. The maximum Gasteiger partial charge on any atom is 0.234 e. The van der Waals surface area contributed by atoms with Crippen LogP contribution >= 0.6 is 0 Å². The molecule has 0 radical (unpaired) electrons. The monoisotopic (exact) mass is 286 g/mol. The van der Waals surface area contributed by atoms with E-state index in [1.807, 2.05) is 19.1 Å². The normalized spacial score (nSPS) is 21.8. The average molecular weight is 286 g/mol. The van der Waals surface area contributed by atoms with Gasteiger partial charge in [-0.2, -0.15) is 5.26 Å². The van der Waals surface area contributed by atoms with Gasteiger partial charge in [0.1, 0.15) is 17.8 Å². The number of primary amides is 1. The summed E-state index contributed by atoms with van der Waals surface area (Å²) in [5.74, 6) is -1.66. The molecule has 1 aliphatic rings. The predicted molar refractivity (Wildman–Crippen MR) is 76.5 cm³/mol. The molecule has 2 rings (SSSR count). The number of para-hydroxylation sites is 1. The number of rotatable bonds is 5. The van der Waals surface area contributed by atoms with Crippen LogP contribution in [0.1, 0.15) is 36.5 Å². The number of ether oxygens (including phenoxy) is 1. The quantitative estimate of drug-likeness (QED) is 0.896. The number of carbonyl (C=O) groups is 2. The highest BCUT2D eigenvalue weighted by atomic mass is 16.5. The smallest absolute Gasteiger partial charge is 0.234 e. The Kier molecular flexibility index (Phi) is 4.59. The molecule has 1 aliphatic heterocycles. The van der Waals surface area contributed by atoms with Crippen LogP contribution in [0, 0.1) is 23.2 Å². The largest absolute Gasteiger partial charge is 0.489 e. The molecule has 1 amide bonds. The molecular formula is C16H18N2O3. The molecule has 0 spiro atoms. The minimum atomic E-state index is -0.966. The van der Waals surface area contributed by atoms with Crippen molar-refractivity contribution in [3.05, 3.63) is 29.8 Å². The van der Waals surface area contributed by atoms with E-state index in [-0.39, 0.29) is 18.3 Å². The van der Waals surface area contributed by atoms with E-state index in [1.54, 1.807) is 18.2 Å². The topological polar surface area (TPSA) is 93.2 Å². The van der Waals surface area contributed by atoms with E-state index >= 15 is 0 Å². The lowest BCUT2D eigenvalue weighted by molar-refractivity contribution is -0.120. The molecule has 0 aliphatic carbocycles. The fourth-order valence-corrected chi connectivity index (χ4v) is 2.68. The summed E-state index contributed by atoms with van der Waals surface area (Å²) in [4.78, 5) is 23.9. The second-order valence-electron chi connectivity index (χ2n) is 5.23. The van der Waals surface area contributed by atoms with Gasteiger partial charge < -0.3 is 10.5 Å². The number of hydrogen-bond donors (Lipinski definition) is 1. The summed E-state index contributed by atoms with van der Waals surface area (Å²) in [5, 5.41) is 9.02. The number of nitrogens with two attached hydrogens (primary N) is 1. The number of amides is 1. The molecule has 0 bridgehead atoms. The molecular weight excluding hydrogens is 268 g/mol. The Labute approximate surface area is 123 Å². The highest BCUT2D eigenvalue weighted by Crippen LogP contribution is 2.35. The van der Waals surface area contributed by atoms with Crippen molar-refractivity contribution in [2.75, 3.05) is 0 Å². The van der Waals surface area contributed by atoms with E-state index in [9.17, 15) is 9.59 Å². The van der Waals surface area contributed by atoms with Gasteiger partial charge >= 0.3 is 0 Å². The molecule has 1 aromatic carbocycles. The van der Waals surface area contributed by atoms with Crippen LogP contribution in [0.5, 0.6) is 5.75 Å². The van der Waals surface area contributed by atoms with Gasteiger partial charge in [-0.3, -0.25) is 9.59 Å². The second kappa shape index (κ2) is 6.40. The van der Waals surface area contributed by atoms with Gasteiger partial charge in [0.2, 0.25) is 5.91 Å². The highest BCUT2D eigenvalue weighted by Gasteiger charge is 2.38. The van der Waals surface area contributed by atoms with E-state index in [0.717, 1.165) is 6.42 Å². The molecule has 3 unspecified atom stereocenters. The molecule has 0 saturated carbocycles. The summed E-state index contributed by atoms with van der Waals surface area (Å²) in [7, 11) is 0. The van der Waals surface area contributed by atoms with E-state index in [0.29, 0.717) is 17.7 Å². The third-order valence-corrected chi connectivity index (χ3v) is 3.78. The van der Waals surface area contributed by atoms with Gasteiger partial charge in [-0.15, -0.1) is 0 Å². The molecule has 5 heteroatoms. The number of hydrogen-bond acceptors (Lipinski definition) is 4. The highest BCUT2D eigenvalue weighted by molar-refractivity contribution is 6.01. The molecule has 0 aromatic heterocycles. The maximum atomic E-state index is 12.6. The summed E-state index contributed by atoms with van der Waals surface area (Å²) >= 11 is 0. The summed E-state index contributed by atoms with van der Waals surface area (Å²) in [6.07, 6.45) is 1.35. The van der Waals surface area contributed by atoms with Gasteiger partial charge in [-0.05, 0) is 25.0 Å². The Morgan fingerprint density at radius 3 is 2.81 bits per heavy atom. The van der Waals surface area contributed by atoms with Crippen molar-refractivity contribution in [1.29, 1.82) is 5.26 Å². The number of carbonyl (C=O) groups excluding carboxylic acids is 2. The summed E-state index contributed by atoms with van der Waals surface area (Å²) in [5.41, 5.74) is 5.72. The third-order valence-electron chi connectivity index (χ3n) is 3.78. The lowest BCUT2D eigenvalue weighted by Crippen LogP contribution is -2.40. The zero-order valence-corrected chi connectivity index (χ0v) is 11.9. The van der Waals surface area contributed by atoms with Crippen molar-refractivity contribution in [2.45, 2.75) is 32.3 Å². The van der Waals surface area contributed by atoms with Crippen LogP contribution in [0.25, 0.3) is 0 Å². The maximum absolute atomic E-state index is 12.6. The van der Waals surface area contributed by atoms with Gasteiger partial charge in [0, 0.05) is 0 Å². The van der Waals surface area contributed by atoms with Gasteiger partial charge in [-0.25, -0.2) is 0 Å². The number of ketones is 1. The Bertz CT molecular complexity index is 591. The second-order valence-corrected chi connectivity index (χ2v) is 5.23. The van der Waals surface area contributed by atoms with Crippen LogP contribution in [-0.2, 0) is 4.79 Å². The molecule has 3 atom stereocenters. The number of nitrogens with zero attached hydrogens (tertiary/aromatic N) is 1. The van der Waals surface area contributed by atoms with Crippen molar-refractivity contribution in [3.63, 3.8) is 0 Å². The summed E-state index contributed by atoms with van der Waals surface area (Å²) in [6, 6.07) is 8.93. The fourth-order valence-electron chi connectivity index (χ4n) is 2.68. The van der Waals surface area contributed by atoms with E-state index in [4.69, 9.17) is 15.7 Å². The van der Waals surface area contributed by atoms with Gasteiger partial charge in [-0.1, -0.05) is 25.5 Å². The van der Waals surface area contributed by atoms with Crippen LogP contribution in [0.2, 0.25) is 0 Å². The molecule has 1 aromatic rings. The molecule has 5 nitrogen and oxygen atoms in total. The zero-order valence-electron chi connectivity index (χ0n) is 11.9. The molecule has 2 N–H and O–H groups in total. The first-order chi connectivity index (χ1) is 10.1. The molecule has 0 saturated heterocycles. The van der Waals surface area contributed by atoms with Gasteiger partial charge in [0.05, 0.1) is 17.6 Å². The average Bonchev–Trinajstić information content (AvgIpc) is 2.47. The van der Waals surface area contributed by atoms with Crippen molar-refractivity contribution in [1.82, 2.24) is 0 Å². The Balaban J connectivity index is 2.31. The lowest BCUT2D eigenvalue weighted by atomic mass is 9.81. The number of fused-ring (bicyclic) bond motifs is 1. The first kappa shape index (κ1) is 15.0. The predicted octanol–water partition coefficient (Wildman–Crippen LogP) is 2.06. The molecule has 21 heavy (non-hydrogen) atoms. The Morgan fingerprint density at radius 1 is 1.48 bits per heavy atom. The molecule has 1 heterocycles. The van der Waals surface area contributed by atoms with Crippen molar-refractivity contribution in [3.8, 4) is 11.8 Å². The van der Waals surface area contributed by atoms with Crippen LogP contribution in [0.15, 0.2) is 24.3 Å². The first-order valence-corrected chi connectivity index (χ1v) is 7.07. The van der Waals surface area contributed by atoms with Crippen LogP contribution in [-0.4, -0.2) is 17.8 Å². The van der Waals surface area contributed by atoms with Crippen LogP contribution in [0.3, 0.4) is 0 Å². The minimum Gasteiger partial charge on any atom is -0.489 e. The number of nitriles is 1. The van der Waals surface area contributed by atoms with Crippen LogP contribution in [0.4, 0.5) is 0 Å². The van der Waals surface area contributed by atoms with Crippen LogP contribution < -0.4 is 10.5 Å². The fraction of sp³-hybridized carbons (Fsp3) is 0.438. The Morgan fingerprint density at radius 2 is 2.19 bits per heavy atom. The van der Waals surface area contributed by atoms with Gasteiger partial charge in [0.25, 0.3) is 0 Å². The first-order valence-electron chi connectivity index (χ1n) is 7.07. The number of Topliss-reactive ketones (excluding diaryl/α,β-unsaturated/α-hetero) is 1. The molecule has 110 valence electrons. The standard InChI is InChI=1S/C16H18N2O3/c1-2-5-13-12(8-10(9-17)16(18)20)15(19)11-6-3-4-7-14(11)21-13/h3-4,6-7,10,12-13H,2,5,8H2,1H3,(H2,18,20). The van der Waals surface area contributed by atoms with E-state index < -0.39 is 17.7 Å². The van der Waals surface area contributed by atoms with Crippen molar-refractivity contribution < 1.29 is 14.3 Å².